The summed E-state index contributed by atoms with van der Waals surface area (Å²) in [7, 11) is 3.65. The van der Waals surface area contributed by atoms with Gasteiger partial charge >= 0.3 is 0 Å². The maximum atomic E-state index is 11.6. The van der Waals surface area contributed by atoms with Gasteiger partial charge in [0, 0.05) is 33.2 Å². The van der Waals surface area contributed by atoms with Crippen molar-refractivity contribution in [1.29, 1.82) is 0 Å². The number of piperidine rings is 1. The van der Waals surface area contributed by atoms with E-state index < -0.39 is 0 Å². The van der Waals surface area contributed by atoms with Crippen LogP contribution >= 0.6 is 0 Å². The second kappa shape index (κ2) is 8.54. The van der Waals surface area contributed by atoms with Gasteiger partial charge in [0.1, 0.15) is 0 Å². The van der Waals surface area contributed by atoms with Gasteiger partial charge in [0.15, 0.2) is 0 Å². The van der Waals surface area contributed by atoms with Crippen molar-refractivity contribution in [2.75, 3.05) is 40.3 Å². The zero-order valence-corrected chi connectivity index (χ0v) is 13.1. The lowest BCUT2D eigenvalue weighted by Crippen LogP contribution is -2.46. The van der Waals surface area contributed by atoms with Crippen molar-refractivity contribution >= 4 is 5.91 Å². The van der Waals surface area contributed by atoms with Crippen LogP contribution in [0.15, 0.2) is 0 Å². The van der Waals surface area contributed by atoms with Gasteiger partial charge in [-0.25, -0.2) is 0 Å². The molecule has 0 radical (unpaired) electrons. The van der Waals surface area contributed by atoms with Crippen LogP contribution in [0.25, 0.3) is 0 Å². The molecule has 0 aromatic rings. The van der Waals surface area contributed by atoms with Crippen LogP contribution in [0.1, 0.15) is 39.5 Å². The fraction of sp³-hybridized carbons (Fsp3) is 0.933. The normalized spacial score (nSPS) is 17.9. The highest BCUT2D eigenvalue weighted by Gasteiger charge is 2.20. The minimum absolute atomic E-state index is 0.211. The van der Waals surface area contributed by atoms with Crippen molar-refractivity contribution in [2.45, 2.75) is 45.6 Å². The molecule has 1 N–H and O–H groups in total. The van der Waals surface area contributed by atoms with Gasteiger partial charge in [0.2, 0.25) is 5.91 Å². The number of nitrogens with one attached hydrogen (secondary N) is 1. The van der Waals surface area contributed by atoms with Crippen molar-refractivity contribution in [2.24, 2.45) is 5.92 Å². The van der Waals surface area contributed by atoms with Crippen LogP contribution in [0.5, 0.6) is 0 Å². The van der Waals surface area contributed by atoms with Crippen molar-refractivity contribution in [3.05, 3.63) is 0 Å². The van der Waals surface area contributed by atoms with E-state index >= 15 is 0 Å². The average Bonchev–Trinajstić information content (AvgIpc) is 2.36. The van der Waals surface area contributed by atoms with Gasteiger partial charge < -0.3 is 10.2 Å². The van der Waals surface area contributed by atoms with Crippen molar-refractivity contribution in [3.63, 3.8) is 0 Å². The molecule has 0 saturated carbocycles. The van der Waals surface area contributed by atoms with Crippen molar-refractivity contribution < 1.29 is 4.79 Å². The highest BCUT2D eigenvalue weighted by Crippen LogP contribution is 2.11. The van der Waals surface area contributed by atoms with Gasteiger partial charge in [-0.3, -0.25) is 9.69 Å². The molecule has 0 aliphatic carbocycles. The van der Waals surface area contributed by atoms with Gasteiger partial charge in [-0.15, -0.1) is 0 Å². The number of nitrogens with zero attached hydrogens (tertiary/aromatic N) is 2. The fourth-order valence-corrected chi connectivity index (χ4v) is 2.44. The number of likely N-dealkylation sites (tertiary alicyclic amines) is 1. The third kappa shape index (κ3) is 6.92. The molecule has 4 nitrogen and oxygen atoms in total. The van der Waals surface area contributed by atoms with Crippen LogP contribution < -0.4 is 5.32 Å². The van der Waals surface area contributed by atoms with E-state index in [1.807, 2.05) is 14.1 Å². The molecule has 1 amide bonds. The van der Waals surface area contributed by atoms with E-state index in [1.54, 1.807) is 4.90 Å². The predicted molar refractivity (Wildman–Crippen MR) is 80.2 cm³/mol. The van der Waals surface area contributed by atoms with E-state index in [1.165, 1.54) is 25.7 Å². The average molecular weight is 269 g/mol. The topological polar surface area (TPSA) is 35.6 Å². The molecule has 4 heteroatoms. The summed E-state index contributed by atoms with van der Waals surface area (Å²) in [4.78, 5) is 15.6. The highest BCUT2D eigenvalue weighted by molar-refractivity contribution is 5.77. The van der Waals surface area contributed by atoms with E-state index in [9.17, 15) is 4.79 Å². The Balaban J connectivity index is 2.10. The lowest BCUT2D eigenvalue weighted by molar-refractivity contribution is -0.130. The molecule has 1 aliphatic heterocycles. The van der Waals surface area contributed by atoms with Crippen LogP contribution in [0.3, 0.4) is 0 Å². The SMILES string of the molecule is CC(C)CCCNC1CCN(CC(=O)N(C)C)CC1. The molecule has 112 valence electrons. The molecule has 1 aliphatic rings. The number of likely N-dealkylation sites (N-methyl/N-ethyl adjacent to an activating group) is 1. The van der Waals surface area contributed by atoms with E-state index in [4.69, 9.17) is 0 Å². The molecular formula is C15H31N3O. The first kappa shape index (κ1) is 16.4. The molecule has 1 saturated heterocycles. The monoisotopic (exact) mass is 269 g/mol. The molecule has 1 heterocycles. The summed E-state index contributed by atoms with van der Waals surface area (Å²) >= 11 is 0. The van der Waals surface area contributed by atoms with Crippen LogP contribution in [0, 0.1) is 5.92 Å². The summed E-state index contributed by atoms with van der Waals surface area (Å²) in [5, 5.41) is 3.65. The Morgan fingerprint density at radius 1 is 1.32 bits per heavy atom. The zero-order valence-electron chi connectivity index (χ0n) is 13.1. The van der Waals surface area contributed by atoms with Crippen LogP contribution in [0.2, 0.25) is 0 Å². The minimum Gasteiger partial charge on any atom is -0.348 e. The first-order chi connectivity index (χ1) is 8.99. The number of hydrogen-bond acceptors (Lipinski definition) is 3. The van der Waals surface area contributed by atoms with Gasteiger partial charge in [-0.05, 0) is 38.1 Å². The first-order valence-corrected chi connectivity index (χ1v) is 7.65. The van der Waals surface area contributed by atoms with Gasteiger partial charge in [-0.1, -0.05) is 13.8 Å². The number of rotatable bonds is 7. The van der Waals surface area contributed by atoms with E-state index in [-0.39, 0.29) is 5.91 Å². The first-order valence-electron chi connectivity index (χ1n) is 7.65. The standard InChI is InChI=1S/C15H31N3O/c1-13(2)6-5-9-16-14-7-10-18(11-8-14)12-15(19)17(3)4/h13-14,16H,5-12H2,1-4H3. The number of amides is 1. The molecule has 1 fully saturated rings. The van der Waals surface area contributed by atoms with Gasteiger partial charge in [0.25, 0.3) is 0 Å². The molecule has 1 rings (SSSR count). The largest absolute Gasteiger partial charge is 0.348 e. The molecule has 0 spiro atoms. The molecule has 0 aromatic heterocycles. The Labute approximate surface area is 118 Å². The Hall–Kier alpha value is -0.610. The van der Waals surface area contributed by atoms with E-state index in [2.05, 4.69) is 24.1 Å². The third-order valence-corrected chi connectivity index (χ3v) is 3.84. The Morgan fingerprint density at radius 3 is 2.47 bits per heavy atom. The Bertz CT molecular complexity index is 258. The molecular weight excluding hydrogens is 238 g/mol. The second-order valence-electron chi connectivity index (χ2n) is 6.33. The minimum atomic E-state index is 0.211. The molecule has 0 atom stereocenters. The van der Waals surface area contributed by atoms with Crippen molar-refractivity contribution in [1.82, 2.24) is 15.1 Å². The van der Waals surface area contributed by atoms with E-state index in [0.717, 1.165) is 25.6 Å². The summed E-state index contributed by atoms with van der Waals surface area (Å²) in [6.45, 7) is 8.36. The van der Waals surface area contributed by atoms with Crippen LogP contribution in [-0.2, 0) is 4.79 Å². The Morgan fingerprint density at radius 2 is 1.95 bits per heavy atom. The predicted octanol–water partition coefficient (Wildman–Crippen LogP) is 1.56. The van der Waals surface area contributed by atoms with Gasteiger partial charge in [0.05, 0.1) is 6.54 Å². The zero-order chi connectivity index (χ0) is 14.3. The summed E-state index contributed by atoms with van der Waals surface area (Å²) in [6, 6.07) is 0.651. The smallest absolute Gasteiger partial charge is 0.236 e. The lowest BCUT2D eigenvalue weighted by Gasteiger charge is -2.32. The molecule has 0 unspecified atom stereocenters. The van der Waals surface area contributed by atoms with E-state index in [0.29, 0.717) is 12.6 Å². The molecule has 19 heavy (non-hydrogen) atoms. The maximum absolute atomic E-state index is 11.6. The lowest BCUT2D eigenvalue weighted by atomic mass is 10.0. The Kier molecular flexibility index (Phi) is 7.39. The molecule has 0 aromatic carbocycles. The van der Waals surface area contributed by atoms with Crippen molar-refractivity contribution in [3.8, 4) is 0 Å². The molecule has 0 bridgehead atoms. The summed E-state index contributed by atoms with van der Waals surface area (Å²) in [6.07, 6.45) is 4.92. The van der Waals surface area contributed by atoms with Gasteiger partial charge in [-0.2, -0.15) is 0 Å². The third-order valence-electron chi connectivity index (χ3n) is 3.84. The number of carbonyl (C=O) groups is 1. The number of carbonyl (C=O) groups excluding carboxylic acids is 1. The van der Waals surface area contributed by atoms with Crippen LogP contribution in [0.4, 0.5) is 0 Å². The van der Waals surface area contributed by atoms with Crippen LogP contribution in [-0.4, -0.2) is 62.0 Å². The quantitative estimate of drug-likeness (QED) is 0.713. The highest BCUT2D eigenvalue weighted by atomic mass is 16.2. The summed E-state index contributed by atoms with van der Waals surface area (Å²) in [5.74, 6) is 1.02. The summed E-state index contributed by atoms with van der Waals surface area (Å²) in [5.41, 5.74) is 0. The number of hydrogen-bond donors (Lipinski definition) is 1. The second-order valence-corrected chi connectivity index (χ2v) is 6.33. The summed E-state index contributed by atoms with van der Waals surface area (Å²) < 4.78 is 0. The fourth-order valence-electron chi connectivity index (χ4n) is 2.44. The maximum Gasteiger partial charge on any atom is 0.236 e.